The van der Waals surface area contributed by atoms with Gasteiger partial charge in [-0.15, -0.1) is 11.8 Å². The number of carbonyl (C=O) groups is 1. The van der Waals surface area contributed by atoms with Gasteiger partial charge < -0.3 is 4.90 Å². The summed E-state index contributed by atoms with van der Waals surface area (Å²) in [6.45, 7) is 4.37. The molecule has 3 nitrogen and oxygen atoms in total. The second-order valence-electron chi connectivity index (χ2n) is 5.89. The number of nitrogens with zero attached hydrogens (tertiary/aromatic N) is 2. The molecule has 5 heteroatoms. The maximum Gasteiger partial charge on any atom is 0.233 e. The van der Waals surface area contributed by atoms with Gasteiger partial charge in [0, 0.05) is 42.6 Å². The van der Waals surface area contributed by atoms with E-state index in [-0.39, 0.29) is 5.91 Å². The highest BCUT2D eigenvalue weighted by Gasteiger charge is 2.21. The van der Waals surface area contributed by atoms with Crippen LogP contribution in [0.2, 0.25) is 5.02 Å². The minimum Gasteiger partial charge on any atom is -0.339 e. The average molecular weight is 361 g/mol. The Kier molecular flexibility index (Phi) is 6.18. The summed E-state index contributed by atoms with van der Waals surface area (Å²) in [5.41, 5.74) is 1.26. The summed E-state index contributed by atoms with van der Waals surface area (Å²) >= 11 is 7.53. The van der Waals surface area contributed by atoms with E-state index in [9.17, 15) is 4.79 Å². The molecule has 1 saturated heterocycles. The van der Waals surface area contributed by atoms with Crippen molar-refractivity contribution >= 4 is 29.3 Å². The maximum absolute atomic E-state index is 12.3. The topological polar surface area (TPSA) is 23.6 Å². The molecule has 0 aliphatic carbocycles. The summed E-state index contributed by atoms with van der Waals surface area (Å²) in [5, 5.41) is 0.769. The number of thioether (sulfide) groups is 1. The zero-order valence-electron chi connectivity index (χ0n) is 13.5. The smallest absolute Gasteiger partial charge is 0.233 e. The van der Waals surface area contributed by atoms with Crippen molar-refractivity contribution in [1.82, 2.24) is 9.80 Å². The first-order valence-corrected chi connectivity index (χ1v) is 9.49. The molecule has 0 unspecified atom stereocenters. The number of rotatable bonds is 5. The molecule has 1 aliphatic rings. The highest BCUT2D eigenvalue weighted by molar-refractivity contribution is 8.00. The molecule has 0 spiro atoms. The number of carbonyl (C=O) groups excluding carboxylic acids is 1. The highest BCUT2D eigenvalue weighted by Crippen LogP contribution is 2.18. The molecule has 0 atom stereocenters. The van der Waals surface area contributed by atoms with Crippen LogP contribution in [0.3, 0.4) is 0 Å². The number of benzene rings is 2. The van der Waals surface area contributed by atoms with Gasteiger partial charge in [-0.25, -0.2) is 0 Å². The zero-order valence-corrected chi connectivity index (χ0v) is 15.1. The van der Waals surface area contributed by atoms with Gasteiger partial charge in [-0.05, 0) is 29.8 Å². The van der Waals surface area contributed by atoms with E-state index in [1.54, 1.807) is 11.8 Å². The van der Waals surface area contributed by atoms with Crippen LogP contribution in [0.25, 0.3) is 0 Å². The molecule has 3 rings (SSSR count). The molecular weight excluding hydrogens is 340 g/mol. The Bertz CT molecular complexity index is 655. The third-order valence-corrected chi connectivity index (χ3v) is 5.40. The van der Waals surface area contributed by atoms with Gasteiger partial charge >= 0.3 is 0 Å². The Balaban J connectivity index is 1.42. The Hall–Kier alpha value is -1.49. The van der Waals surface area contributed by atoms with Crippen molar-refractivity contribution < 1.29 is 4.79 Å². The molecule has 2 aromatic carbocycles. The fourth-order valence-corrected chi connectivity index (χ4v) is 3.70. The van der Waals surface area contributed by atoms with Gasteiger partial charge in [0.25, 0.3) is 0 Å². The van der Waals surface area contributed by atoms with Crippen molar-refractivity contribution in [2.24, 2.45) is 0 Å². The molecular formula is C19H21ClN2OS. The van der Waals surface area contributed by atoms with Crippen LogP contribution in [0.4, 0.5) is 0 Å². The molecule has 1 amide bonds. The van der Waals surface area contributed by atoms with Gasteiger partial charge in [0.15, 0.2) is 0 Å². The van der Waals surface area contributed by atoms with E-state index in [0.29, 0.717) is 5.75 Å². The van der Waals surface area contributed by atoms with Gasteiger partial charge in [0.1, 0.15) is 0 Å². The number of hydrogen-bond donors (Lipinski definition) is 0. The van der Waals surface area contributed by atoms with Gasteiger partial charge in [0.05, 0.1) is 5.75 Å². The van der Waals surface area contributed by atoms with Crippen LogP contribution in [0, 0.1) is 0 Å². The number of halogens is 1. The Morgan fingerprint density at radius 3 is 2.29 bits per heavy atom. The molecule has 0 radical (unpaired) electrons. The molecule has 1 aliphatic heterocycles. The lowest BCUT2D eigenvalue weighted by atomic mass is 10.2. The van der Waals surface area contributed by atoms with E-state index in [0.717, 1.165) is 42.6 Å². The standard InChI is InChI=1S/C19H21ClN2OS/c20-17-8-6-16(7-9-17)14-21-10-12-22(13-11-21)19(23)15-24-18-4-2-1-3-5-18/h1-9H,10-15H2. The predicted octanol–water partition coefficient (Wildman–Crippen LogP) is 3.78. The molecule has 0 bridgehead atoms. The predicted molar refractivity (Wildman–Crippen MR) is 100 cm³/mol. The van der Waals surface area contributed by atoms with Crippen LogP contribution >= 0.6 is 23.4 Å². The van der Waals surface area contributed by atoms with E-state index in [1.165, 1.54) is 5.56 Å². The maximum atomic E-state index is 12.3. The van der Waals surface area contributed by atoms with E-state index in [2.05, 4.69) is 17.0 Å². The summed E-state index contributed by atoms with van der Waals surface area (Å²) in [5.74, 6) is 0.747. The Morgan fingerprint density at radius 2 is 1.62 bits per heavy atom. The van der Waals surface area contributed by atoms with Crippen molar-refractivity contribution in [2.75, 3.05) is 31.9 Å². The summed E-state index contributed by atoms with van der Waals surface area (Å²) in [4.78, 5) is 17.9. The molecule has 0 saturated carbocycles. The van der Waals surface area contributed by atoms with Gasteiger partial charge in [-0.3, -0.25) is 9.69 Å². The van der Waals surface area contributed by atoms with Crippen LogP contribution < -0.4 is 0 Å². The SMILES string of the molecule is O=C(CSc1ccccc1)N1CCN(Cc2ccc(Cl)cc2)CC1. The van der Waals surface area contributed by atoms with Crippen molar-refractivity contribution in [2.45, 2.75) is 11.4 Å². The van der Waals surface area contributed by atoms with E-state index >= 15 is 0 Å². The fraction of sp³-hybridized carbons (Fsp3) is 0.316. The third-order valence-electron chi connectivity index (χ3n) is 4.15. The monoisotopic (exact) mass is 360 g/mol. The third kappa shape index (κ3) is 5.00. The largest absolute Gasteiger partial charge is 0.339 e. The molecule has 0 aromatic heterocycles. The zero-order chi connectivity index (χ0) is 16.8. The average Bonchev–Trinajstić information content (AvgIpc) is 2.63. The summed E-state index contributed by atoms with van der Waals surface area (Å²) in [7, 11) is 0. The molecule has 126 valence electrons. The molecule has 24 heavy (non-hydrogen) atoms. The molecule has 1 heterocycles. The minimum absolute atomic E-state index is 0.231. The summed E-state index contributed by atoms with van der Waals surface area (Å²) < 4.78 is 0. The van der Waals surface area contributed by atoms with E-state index in [4.69, 9.17) is 11.6 Å². The van der Waals surface area contributed by atoms with Gasteiger partial charge in [-0.1, -0.05) is 41.9 Å². The van der Waals surface area contributed by atoms with E-state index in [1.807, 2.05) is 47.4 Å². The van der Waals surface area contributed by atoms with Crippen LogP contribution in [-0.2, 0) is 11.3 Å². The molecule has 0 N–H and O–H groups in total. The number of amides is 1. The van der Waals surface area contributed by atoms with Crippen LogP contribution in [-0.4, -0.2) is 47.6 Å². The lowest BCUT2D eigenvalue weighted by Gasteiger charge is -2.34. The second-order valence-corrected chi connectivity index (χ2v) is 7.37. The van der Waals surface area contributed by atoms with Gasteiger partial charge in [0.2, 0.25) is 5.91 Å². The number of hydrogen-bond acceptors (Lipinski definition) is 3. The number of piperazine rings is 1. The van der Waals surface area contributed by atoms with Crippen molar-refractivity contribution in [3.63, 3.8) is 0 Å². The quantitative estimate of drug-likeness (QED) is 0.758. The Morgan fingerprint density at radius 1 is 0.958 bits per heavy atom. The minimum atomic E-state index is 0.231. The first kappa shape index (κ1) is 17.3. The molecule has 1 fully saturated rings. The van der Waals surface area contributed by atoms with Crippen LogP contribution in [0.15, 0.2) is 59.5 Å². The first-order valence-electron chi connectivity index (χ1n) is 8.13. The van der Waals surface area contributed by atoms with Crippen LogP contribution in [0.1, 0.15) is 5.56 Å². The molecule has 2 aromatic rings. The second kappa shape index (κ2) is 8.56. The van der Waals surface area contributed by atoms with Crippen molar-refractivity contribution in [1.29, 1.82) is 0 Å². The van der Waals surface area contributed by atoms with Crippen molar-refractivity contribution in [3.8, 4) is 0 Å². The fourth-order valence-electron chi connectivity index (χ4n) is 2.76. The Labute approximate surface area is 152 Å². The first-order chi connectivity index (χ1) is 11.7. The van der Waals surface area contributed by atoms with Gasteiger partial charge in [-0.2, -0.15) is 0 Å². The summed E-state index contributed by atoms with van der Waals surface area (Å²) in [6, 6.07) is 18.1. The van der Waals surface area contributed by atoms with E-state index < -0.39 is 0 Å². The summed E-state index contributed by atoms with van der Waals surface area (Å²) in [6.07, 6.45) is 0. The van der Waals surface area contributed by atoms with Crippen molar-refractivity contribution in [3.05, 3.63) is 65.2 Å². The highest BCUT2D eigenvalue weighted by atomic mass is 35.5. The lowest BCUT2D eigenvalue weighted by molar-refractivity contribution is -0.130. The normalized spacial score (nSPS) is 15.5. The van der Waals surface area contributed by atoms with Crippen LogP contribution in [0.5, 0.6) is 0 Å². The lowest BCUT2D eigenvalue weighted by Crippen LogP contribution is -2.48.